The van der Waals surface area contributed by atoms with E-state index in [9.17, 15) is 0 Å². The zero-order valence-electron chi connectivity index (χ0n) is 8.42. The summed E-state index contributed by atoms with van der Waals surface area (Å²) < 4.78 is 0. The minimum absolute atomic E-state index is 0.867. The van der Waals surface area contributed by atoms with E-state index in [1.165, 1.54) is 32.4 Å². The lowest BCUT2D eigenvalue weighted by atomic mass is 9.82. The van der Waals surface area contributed by atoms with Crippen LogP contribution in [0.3, 0.4) is 0 Å². The molecule has 1 fully saturated rings. The van der Waals surface area contributed by atoms with Crippen molar-refractivity contribution in [1.82, 2.24) is 4.90 Å². The van der Waals surface area contributed by atoms with Crippen molar-refractivity contribution in [2.24, 2.45) is 11.8 Å². The number of rotatable bonds is 3. The number of piperidine rings is 1. The molecule has 0 radical (unpaired) electrons. The molecule has 2 atom stereocenters. The topological polar surface area (TPSA) is 3.24 Å². The van der Waals surface area contributed by atoms with Crippen LogP contribution in [0.4, 0.5) is 0 Å². The monoisotopic (exact) mass is 167 g/mol. The van der Waals surface area contributed by atoms with Gasteiger partial charge in [-0.25, -0.2) is 0 Å². The first-order chi connectivity index (χ1) is 5.77. The van der Waals surface area contributed by atoms with Crippen molar-refractivity contribution in [1.29, 1.82) is 0 Å². The molecule has 1 heteroatoms. The Morgan fingerprint density at radius 2 is 2.25 bits per heavy atom. The summed E-state index contributed by atoms with van der Waals surface area (Å²) in [7, 11) is 2.22. The van der Waals surface area contributed by atoms with E-state index in [2.05, 4.69) is 31.5 Å². The molecule has 1 nitrogen and oxygen atoms in total. The van der Waals surface area contributed by atoms with Gasteiger partial charge in [-0.3, -0.25) is 0 Å². The summed E-state index contributed by atoms with van der Waals surface area (Å²) in [5.74, 6) is 1.81. The first kappa shape index (κ1) is 9.79. The second-order valence-corrected chi connectivity index (χ2v) is 4.00. The number of allylic oxidation sites excluding steroid dienone is 1. The van der Waals surface area contributed by atoms with Crippen molar-refractivity contribution in [3.8, 4) is 0 Å². The summed E-state index contributed by atoms with van der Waals surface area (Å²) in [4.78, 5) is 2.44. The van der Waals surface area contributed by atoms with Crippen LogP contribution in [0.1, 0.15) is 26.2 Å². The normalized spacial score (nSPS) is 31.8. The van der Waals surface area contributed by atoms with Crippen LogP contribution < -0.4 is 0 Å². The Bertz CT molecular complexity index is 142. The average molecular weight is 167 g/mol. The van der Waals surface area contributed by atoms with E-state index >= 15 is 0 Å². The molecule has 1 saturated heterocycles. The molecule has 0 N–H and O–H groups in total. The van der Waals surface area contributed by atoms with Gasteiger partial charge in [-0.1, -0.05) is 19.4 Å². The molecular formula is C11H21N. The lowest BCUT2D eigenvalue weighted by Crippen LogP contribution is -2.37. The zero-order chi connectivity index (χ0) is 8.97. The van der Waals surface area contributed by atoms with E-state index in [1.807, 2.05) is 0 Å². The van der Waals surface area contributed by atoms with E-state index < -0.39 is 0 Å². The lowest BCUT2D eigenvalue weighted by Gasteiger charge is -2.35. The maximum Gasteiger partial charge on any atom is 0.00122 e. The Balaban J connectivity index is 2.45. The summed E-state index contributed by atoms with van der Waals surface area (Å²) >= 11 is 0. The van der Waals surface area contributed by atoms with Gasteiger partial charge in [0, 0.05) is 6.54 Å². The highest BCUT2D eigenvalue weighted by atomic mass is 15.1. The Morgan fingerprint density at radius 1 is 1.50 bits per heavy atom. The van der Waals surface area contributed by atoms with Gasteiger partial charge >= 0.3 is 0 Å². The molecule has 0 aromatic heterocycles. The summed E-state index contributed by atoms with van der Waals surface area (Å²) in [6.07, 6.45) is 5.99. The Kier molecular flexibility index (Phi) is 3.80. The van der Waals surface area contributed by atoms with E-state index in [1.54, 1.807) is 0 Å². The SMILES string of the molecule is C=CCC1CN(C)CCC1CC. The van der Waals surface area contributed by atoms with Crippen LogP contribution in [0, 0.1) is 11.8 Å². The molecular weight excluding hydrogens is 146 g/mol. The summed E-state index contributed by atoms with van der Waals surface area (Å²) in [6, 6.07) is 0. The van der Waals surface area contributed by atoms with Gasteiger partial charge in [0.05, 0.1) is 0 Å². The lowest BCUT2D eigenvalue weighted by molar-refractivity contribution is 0.141. The highest BCUT2D eigenvalue weighted by molar-refractivity contribution is 4.83. The Labute approximate surface area is 76.5 Å². The molecule has 0 aromatic rings. The van der Waals surface area contributed by atoms with Crippen LogP contribution in [0.15, 0.2) is 12.7 Å². The quantitative estimate of drug-likeness (QED) is 0.584. The molecule has 0 aliphatic carbocycles. The second-order valence-electron chi connectivity index (χ2n) is 4.00. The van der Waals surface area contributed by atoms with Crippen LogP contribution in [0.25, 0.3) is 0 Å². The van der Waals surface area contributed by atoms with Crippen molar-refractivity contribution in [3.05, 3.63) is 12.7 Å². The largest absolute Gasteiger partial charge is 0.306 e. The highest BCUT2D eigenvalue weighted by Gasteiger charge is 2.24. The fourth-order valence-corrected chi connectivity index (χ4v) is 2.28. The van der Waals surface area contributed by atoms with Crippen molar-refractivity contribution in [2.45, 2.75) is 26.2 Å². The minimum Gasteiger partial charge on any atom is -0.306 e. The fraction of sp³-hybridized carbons (Fsp3) is 0.818. The Morgan fingerprint density at radius 3 is 2.83 bits per heavy atom. The second kappa shape index (κ2) is 4.66. The van der Waals surface area contributed by atoms with Crippen LogP contribution in [-0.4, -0.2) is 25.0 Å². The molecule has 12 heavy (non-hydrogen) atoms. The van der Waals surface area contributed by atoms with Gasteiger partial charge in [0.25, 0.3) is 0 Å². The van der Waals surface area contributed by atoms with Gasteiger partial charge in [0.2, 0.25) is 0 Å². The van der Waals surface area contributed by atoms with Gasteiger partial charge < -0.3 is 4.90 Å². The smallest absolute Gasteiger partial charge is 0.00122 e. The number of hydrogen-bond acceptors (Lipinski definition) is 1. The zero-order valence-corrected chi connectivity index (χ0v) is 8.42. The number of likely N-dealkylation sites (tertiary alicyclic amines) is 1. The summed E-state index contributed by atoms with van der Waals surface area (Å²) in [6.45, 7) is 8.69. The van der Waals surface area contributed by atoms with E-state index in [0.29, 0.717) is 0 Å². The van der Waals surface area contributed by atoms with E-state index in [0.717, 1.165) is 11.8 Å². The standard InChI is InChI=1S/C11H21N/c1-4-6-11-9-12(3)8-7-10(11)5-2/h4,10-11H,1,5-9H2,2-3H3. The first-order valence-corrected chi connectivity index (χ1v) is 5.07. The molecule has 0 bridgehead atoms. The van der Waals surface area contributed by atoms with Crippen LogP contribution in [0.5, 0.6) is 0 Å². The van der Waals surface area contributed by atoms with Crippen molar-refractivity contribution < 1.29 is 0 Å². The van der Waals surface area contributed by atoms with Gasteiger partial charge in [0.1, 0.15) is 0 Å². The molecule has 0 aromatic carbocycles. The first-order valence-electron chi connectivity index (χ1n) is 5.07. The summed E-state index contributed by atoms with van der Waals surface area (Å²) in [5.41, 5.74) is 0. The molecule has 1 rings (SSSR count). The van der Waals surface area contributed by atoms with Crippen LogP contribution >= 0.6 is 0 Å². The predicted molar refractivity (Wildman–Crippen MR) is 54.2 cm³/mol. The van der Waals surface area contributed by atoms with Crippen LogP contribution in [-0.2, 0) is 0 Å². The van der Waals surface area contributed by atoms with Gasteiger partial charge in [-0.2, -0.15) is 0 Å². The highest BCUT2D eigenvalue weighted by Crippen LogP contribution is 2.28. The third kappa shape index (κ3) is 2.34. The molecule has 1 aliphatic heterocycles. The maximum atomic E-state index is 3.83. The van der Waals surface area contributed by atoms with Crippen molar-refractivity contribution >= 4 is 0 Å². The molecule has 0 saturated carbocycles. The molecule has 70 valence electrons. The van der Waals surface area contributed by atoms with Gasteiger partial charge in [-0.05, 0) is 38.3 Å². The van der Waals surface area contributed by atoms with Crippen molar-refractivity contribution in [2.75, 3.05) is 20.1 Å². The van der Waals surface area contributed by atoms with E-state index in [-0.39, 0.29) is 0 Å². The number of hydrogen-bond donors (Lipinski definition) is 0. The third-order valence-electron chi connectivity index (χ3n) is 3.09. The minimum atomic E-state index is 0.867. The van der Waals surface area contributed by atoms with E-state index in [4.69, 9.17) is 0 Å². The Hall–Kier alpha value is -0.300. The van der Waals surface area contributed by atoms with Crippen molar-refractivity contribution in [3.63, 3.8) is 0 Å². The average Bonchev–Trinajstić information content (AvgIpc) is 2.05. The molecule has 0 amide bonds. The van der Waals surface area contributed by atoms with Gasteiger partial charge in [-0.15, -0.1) is 6.58 Å². The third-order valence-corrected chi connectivity index (χ3v) is 3.09. The fourth-order valence-electron chi connectivity index (χ4n) is 2.28. The molecule has 1 aliphatic rings. The molecule has 0 spiro atoms. The summed E-state index contributed by atoms with van der Waals surface area (Å²) in [5, 5.41) is 0. The molecule has 1 heterocycles. The maximum absolute atomic E-state index is 3.83. The van der Waals surface area contributed by atoms with Crippen LogP contribution in [0.2, 0.25) is 0 Å². The number of nitrogens with zero attached hydrogens (tertiary/aromatic N) is 1. The molecule has 2 unspecified atom stereocenters. The van der Waals surface area contributed by atoms with Gasteiger partial charge in [0.15, 0.2) is 0 Å². The predicted octanol–water partition coefficient (Wildman–Crippen LogP) is 2.54.